The third-order valence-electron chi connectivity index (χ3n) is 5.73. The lowest BCUT2D eigenvalue weighted by Crippen LogP contribution is -2.56. The number of sulfonamides is 1. The summed E-state index contributed by atoms with van der Waals surface area (Å²) in [6.07, 6.45) is 0.879. The van der Waals surface area contributed by atoms with Crippen LogP contribution in [0.4, 0.5) is 0 Å². The molecule has 2 saturated heterocycles. The number of hydrogen-bond acceptors (Lipinski definition) is 5. The smallest absolute Gasteiger partial charge is 0.260 e. The maximum Gasteiger partial charge on any atom is 0.260 e. The molecule has 2 fully saturated rings. The van der Waals surface area contributed by atoms with Crippen molar-refractivity contribution in [3.8, 4) is 5.75 Å². The molecule has 0 unspecified atom stereocenters. The molecular formula is C22H26N2O5S. The SMILES string of the molecule is Cc1ccc(S(=O)(=O)N2CCOC23CCN(C(=O)COc2ccccc2)CC3)cc1. The Kier molecular flexibility index (Phi) is 5.81. The van der Waals surface area contributed by atoms with Crippen LogP contribution >= 0.6 is 0 Å². The summed E-state index contributed by atoms with van der Waals surface area (Å²) in [7, 11) is -3.67. The second-order valence-corrected chi connectivity index (χ2v) is 9.53. The van der Waals surface area contributed by atoms with E-state index in [1.165, 1.54) is 4.31 Å². The number of nitrogens with zero attached hydrogens (tertiary/aromatic N) is 2. The van der Waals surface area contributed by atoms with Crippen molar-refractivity contribution in [3.05, 3.63) is 60.2 Å². The fourth-order valence-electron chi connectivity index (χ4n) is 4.02. The number of para-hydroxylation sites is 1. The molecular weight excluding hydrogens is 404 g/mol. The zero-order valence-electron chi connectivity index (χ0n) is 17.0. The third-order valence-corrected chi connectivity index (χ3v) is 7.70. The predicted octanol–water partition coefficient (Wildman–Crippen LogP) is 2.41. The summed E-state index contributed by atoms with van der Waals surface area (Å²) in [6, 6.07) is 16.1. The highest BCUT2D eigenvalue weighted by molar-refractivity contribution is 7.89. The van der Waals surface area contributed by atoms with Gasteiger partial charge in [-0.15, -0.1) is 0 Å². The summed E-state index contributed by atoms with van der Waals surface area (Å²) in [5.74, 6) is 0.536. The summed E-state index contributed by atoms with van der Waals surface area (Å²) in [5.41, 5.74) is 0.117. The topological polar surface area (TPSA) is 76.2 Å². The van der Waals surface area contributed by atoms with Gasteiger partial charge in [0.2, 0.25) is 10.0 Å². The molecule has 2 aromatic rings. The van der Waals surface area contributed by atoms with Crippen LogP contribution in [0.15, 0.2) is 59.5 Å². The highest BCUT2D eigenvalue weighted by Gasteiger charge is 2.50. The monoisotopic (exact) mass is 430 g/mol. The maximum atomic E-state index is 13.2. The van der Waals surface area contributed by atoms with Crippen LogP contribution in [-0.2, 0) is 19.6 Å². The van der Waals surface area contributed by atoms with Crippen LogP contribution in [0.1, 0.15) is 18.4 Å². The number of ether oxygens (including phenoxy) is 2. The number of carbonyl (C=O) groups is 1. The lowest BCUT2D eigenvalue weighted by Gasteiger charge is -2.42. The standard InChI is InChI=1S/C22H26N2O5S/c1-18-7-9-20(10-8-18)30(26,27)24-15-16-29-22(24)11-13-23(14-12-22)21(25)17-28-19-5-3-2-4-6-19/h2-10H,11-17H2,1H3. The molecule has 0 aromatic heterocycles. The van der Waals surface area contributed by atoms with Crippen molar-refractivity contribution in [2.24, 2.45) is 0 Å². The number of amides is 1. The van der Waals surface area contributed by atoms with Crippen molar-refractivity contribution in [1.29, 1.82) is 0 Å². The van der Waals surface area contributed by atoms with Crippen molar-refractivity contribution >= 4 is 15.9 Å². The molecule has 2 aliphatic rings. The van der Waals surface area contributed by atoms with E-state index in [9.17, 15) is 13.2 Å². The van der Waals surface area contributed by atoms with Gasteiger partial charge in [0.25, 0.3) is 5.91 Å². The van der Waals surface area contributed by atoms with Crippen LogP contribution in [-0.4, -0.2) is 62.1 Å². The Hall–Kier alpha value is -2.42. The first-order valence-electron chi connectivity index (χ1n) is 10.1. The van der Waals surface area contributed by atoms with Gasteiger partial charge in [-0.2, -0.15) is 4.31 Å². The minimum atomic E-state index is -3.67. The molecule has 1 spiro atoms. The van der Waals surface area contributed by atoms with Crippen molar-refractivity contribution in [1.82, 2.24) is 9.21 Å². The van der Waals surface area contributed by atoms with E-state index in [1.54, 1.807) is 41.3 Å². The summed E-state index contributed by atoms with van der Waals surface area (Å²) >= 11 is 0. The van der Waals surface area contributed by atoms with E-state index < -0.39 is 15.7 Å². The van der Waals surface area contributed by atoms with Crippen LogP contribution < -0.4 is 4.74 Å². The lowest BCUT2D eigenvalue weighted by molar-refractivity contribution is -0.142. The molecule has 8 heteroatoms. The molecule has 0 saturated carbocycles. The first kappa shape index (κ1) is 20.8. The Morgan fingerprint density at radius 1 is 1.03 bits per heavy atom. The first-order chi connectivity index (χ1) is 14.4. The molecule has 0 N–H and O–H groups in total. The van der Waals surface area contributed by atoms with E-state index in [0.717, 1.165) is 5.56 Å². The quantitative estimate of drug-likeness (QED) is 0.728. The molecule has 0 aliphatic carbocycles. The average molecular weight is 431 g/mol. The first-order valence-corrected chi connectivity index (χ1v) is 11.5. The second kappa shape index (κ2) is 8.37. The Morgan fingerprint density at radius 3 is 2.37 bits per heavy atom. The Balaban J connectivity index is 1.41. The van der Waals surface area contributed by atoms with Crippen LogP contribution in [0.25, 0.3) is 0 Å². The number of likely N-dealkylation sites (tertiary alicyclic amines) is 1. The van der Waals surface area contributed by atoms with Gasteiger partial charge in [-0.05, 0) is 31.2 Å². The predicted molar refractivity (Wildman–Crippen MR) is 112 cm³/mol. The van der Waals surface area contributed by atoms with Crippen molar-refractivity contribution in [2.45, 2.75) is 30.4 Å². The molecule has 160 valence electrons. The molecule has 1 amide bonds. The molecule has 2 aliphatic heterocycles. The van der Waals surface area contributed by atoms with E-state index in [4.69, 9.17) is 9.47 Å². The summed E-state index contributed by atoms with van der Waals surface area (Å²) in [4.78, 5) is 14.5. The van der Waals surface area contributed by atoms with Crippen LogP contribution in [0, 0.1) is 6.92 Å². The second-order valence-electron chi connectivity index (χ2n) is 7.67. The van der Waals surface area contributed by atoms with E-state index in [-0.39, 0.29) is 17.4 Å². The summed E-state index contributed by atoms with van der Waals surface area (Å²) in [5, 5.41) is 0. The van der Waals surface area contributed by atoms with Crippen molar-refractivity contribution in [2.75, 3.05) is 32.8 Å². The van der Waals surface area contributed by atoms with Gasteiger partial charge in [0.1, 0.15) is 11.5 Å². The normalized spacial score (nSPS) is 19.2. The minimum absolute atomic E-state index is 0.0384. The highest BCUT2D eigenvalue weighted by atomic mass is 32.2. The van der Waals surface area contributed by atoms with Gasteiger partial charge in [-0.25, -0.2) is 8.42 Å². The van der Waals surface area contributed by atoms with Gasteiger partial charge < -0.3 is 14.4 Å². The largest absolute Gasteiger partial charge is 0.484 e. The zero-order chi connectivity index (χ0) is 21.2. The van der Waals surface area contributed by atoms with Gasteiger partial charge in [-0.3, -0.25) is 4.79 Å². The molecule has 0 radical (unpaired) electrons. The molecule has 0 atom stereocenters. The van der Waals surface area contributed by atoms with E-state index in [2.05, 4.69) is 0 Å². The van der Waals surface area contributed by atoms with Crippen molar-refractivity contribution in [3.63, 3.8) is 0 Å². The number of hydrogen-bond donors (Lipinski definition) is 0. The van der Waals surface area contributed by atoms with E-state index in [1.807, 2.05) is 25.1 Å². The van der Waals surface area contributed by atoms with Gasteiger partial charge in [0.05, 0.1) is 11.5 Å². The molecule has 4 rings (SSSR count). The Labute approximate surface area is 177 Å². The number of rotatable bonds is 5. The fraction of sp³-hybridized carbons (Fsp3) is 0.409. The zero-order valence-corrected chi connectivity index (χ0v) is 17.8. The van der Waals surface area contributed by atoms with Gasteiger partial charge in [-0.1, -0.05) is 35.9 Å². The molecule has 30 heavy (non-hydrogen) atoms. The van der Waals surface area contributed by atoms with Crippen LogP contribution in [0.2, 0.25) is 0 Å². The molecule has 2 heterocycles. The van der Waals surface area contributed by atoms with Crippen LogP contribution in [0.3, 0.4) is 0 Å². The lowest BCUT2D eigenvalue weighted by atomic mass is 10.0. The van der Waals surface area contributed by atoms with Gasteiger partial charge >= 0.3 is 0 Å². The molecule has 0 bridgehead atoms. The number of benzene rings is 2. The molecule has 2 aromatic carbocycles. The number of aryl methyl sites for hydroxylation is 1. The minimum Gasteiger partial charge on any atom is -0.484 e. The number of carbonyl (C=O) groups excluding carboxylic acids is 1. The van der Waals surface area contributed by atoms with E-state index >= 15 is 0 Å². The molecule has 7 nitrogen and oxygen atoms in total. The highest BCUT2D eigenvalue weighted by Crippen LogP contribution is 2.38. The number of piperidine rings is 1. The van der Waals surface area contributed by atoms with Crippen LogP contribution in [0.5, 0.6) is 5.75 Å². The Morgan fingerprint density at radius 2 is 1.70 bits per heavy atom. The van der Waals surface area contributed by atoms with Crippen molar-refractivity contribution < 1.29 is 22.7 Å². The van der Waals surface area contributed by atoms with Gasteiger partial charge in [0.15, 0.2) is 6.61 Å². The average Bonchev–Trinajstić information content (AvgIpc) is 3.17. The van der Waals surface area contributed by atoms with E-state index in [0.29, 0.717) is 44.8 Å². The summed E-state index contributed by atoms with van der Waals surface area (Å²) < 4.78 is 39.5. The third kappa shape index (κ3) is 4.08. The van der Waals surface area contributed by atoms with Gasteiger partial charge in [0, 0.05) is 32.5 Å². The summed E-state index contributed by atoms with van der Waals surface area (Å²) in [6.45, 7) is 3.42. The fourth-order valence-corrected chi connectivity index (χ4v) is 5.75. The maximum absolute atomic E-state index is 13.2. The Bertz CT molecular complexity index is 984.